The van der Waals surface area contributed by atoms with E-state index < -0.39 is 0 Å². The van der Waals surface area contributed by atoms with Crippen molar-refractivity contribution in [1.29, 1.82) is 0 Å². The number of para-hydroxylation sites is 2. The average molecular weight is 701 g/mol. The van der Waals surface area contributed by atoms with E-state index in [1.807, 2.05) is 12.1 Å². The van der Waals surface area contributed by atoms with Gasteiger partial charge in [0.1, 0.15) is 5.82 Å². The van der Waals surface area contributed by atoms with Crippen LogP contribution in [0.3, 0.4) is 0 Å². The SMILES string of the molecule is c1ccc(-c2nc3ccccc3n2-c2ccc(-c3nc(-c4cc5ccccc5c5ccccc45)cc(-c4cc5ccccc5c5ccccc45)n3)cc2)cc1. The Morgan fingerprint density at radius 2 is 0.836 bits per heavy atom. The Morgan fingerprint density at radius 3 is 1.44 bits per heavy atom. The van der Waals surface area contributed by atoms with Crippen LogP contribution in [0.15, 0.2) is 194 Å². The molecule has 4 heteroatoms. The summed E-state index contributed by atoms with van der Waals surface area (Å²) in [5.74, 6) is 1.58. The first-order valence-electron chi connectivity index (χ1n) is 18.6. The smallest absolute Gasteiger partial charge is 0.160 e. The lowest BCUT2D eigenvalue weighted by atomic mass is 9.93. The maximum atomic E-state index is 5.38. The molecule has 0 spiro atoms. The molecule has 2 aromatic heterocycles. The zero-order chi connectivity index (χ0) is 36.3. The van der Waals surface area contributed by atoms with Gasteiger partial charge in [0.25, 0.3) is 0 Å². The van der Waals surface area contributed by atoms with E-state index in [4.69, 9.17) is 15.0 Å². The maximum absolute atomic E-state index is 5.38. The van der Waals surface area contributed by atoms with Crippen molar-refractivity contribution in [3.63, 3.8) is 0 Å². The lowest BCUT2D eigenvalue weighted by Crippen LogP contribution is -1.99. The second kappa shape index (κ2) is 12.6. The van der Waals surface area contributed by atoms with Crippen LogP contribution in [-0.2, 0) is 0 Å². The van der Waals surface area contributed by atoms with Crippen LogP contribution < -0.4 is 0 Å². The molecule has 2 heterocycles. The van der Waals surface area contributed by atoms with Crippen LogP contribution in [0.2, 0.25) is 0 Å². The molecule has 0 aliphatic carbocycles. The van der Waals surface area contributed by atoms with Gasteiger partial charge in [0, 0.05) is 27.9 Å². The van der Waals surface area contributed by atoms with Gasteiger partial charge in [-0.2, -0.15) is 0 Å². The van der Waals surface area contributed by atoms with Crippen LogP contribution in [0.1, 0.15) is 0 Å². The van der Waals surface area contributed by atoms with E-state index in [1.165, 1.54) is 32.3 Å². The molecule has 256 valence electrons. The second-order valence-corrected chi connectivity index (χ2v) is 14.0. The highest BCUT2D eigenvalue weighted by Gasteiger charge is 2.18. The van der Waals surface area contributed by atoms with Crippen LogP contribution >= 0.6 is 0 Å². The van der Waals surface area contributed by atoms with Gasteiger partial charge in [0.05, 0.1) is 22.4 Å². The molecule has 4 nitrogen and oxygen atoms in total. The third-order valence-corrected chi connectivity index (χ3v) is 10.8. The number of benzene rings is 9. The van der Waals surface area contributed by atoms with Gasteiger partial charge < -0.3 is 0 Å². The fraction of sp³-hybridized carbons (Fsp3) is 0. The van der Waals surface area contributed by atoms with Crippen LogP contribution in [-0.4, -0.2) is 19.5 Å². The minimum absolute atomic E-state index is 0.673. The first-order chi connectivity index (χ1) is 27.3. The van der Waals surface area contributed by atoms with Crippen molar-refractivity contribution in [2.75, 3.05) is 0 Å². The van der Waals surface area contributed by atoms with Crippen LogP contribution in [0.5, 0.6) is 0 Å². The summed E-state index contributed by atoms with van der Waals surface area (Å²) in [5, 5.41) is 9.57. The summed E-state index contributed by atoms with van der Waals surface area (Å²) in [6, 6.07) is 68.5. The molecular formula is C51H32N4. The van der Waals surface area contributed by atoms with E-state index in [0.717, 1.165) is 67.0 Å². The van der Waals surface area contributed by atoms with Crippen molar-refractivity contribution in [3.05, 3.63) is 194 Å². The van der Waals surface area contributed by atoms with Crippen molar-refractivity contribution >= 4 is 54.1 Å². The summed E-state index contributed by atoms with van der Waals surface area (Å²) in [6.45, 7) is 0. The van der Waals surface area contributed by atoms with Crippen molar-refractivity contribution in [3.8, 4) is 51.0 Å². The molecule has 0 radical (unpaired) electrons. The largest absolute Gasteiger partial charge is 0.292 e. The van der Waals surface area contributed by atoms with E-state index >= 15 is 0 Å². The Morgan fingerprint density at radius 1 is 0.345 bits per heavy atom. The Labute approximate surface area is 317 Å². The van der Waals surface area contributed by atoms with Gasteiger partial charge in [-0.15, -0.1) is 0 Å². The summed E-state index contributed by atoms with van der Waals surface area (Å²) in [7, 11) is 0. The number of fused-ring (bicyclic) bond motifs is 7. The average Bonchev–Trinajstić information content (AvgIpc) is 3.66. The van der Waals surface area contributed by atoms with Crippen molar-refractivity contribution in [2.45, 2.75) is 0 Å². The highest BCUT2D eigenvalue weighted by molar-refractivity contribution is 6.15. The molecule has 0 atom stereocenters. The van der Waals surface area contributed by atoms with Crippen molar-refractivity contribution in [1.82, 2.24) is 19.5 Å². The number of hydrogen-bond donors (Lipinski definition) is 0. The standard InChI is InChI=1S/C51H32N4/c1-2-14-34(15-3-1)51-54-46-24-12-13-25-49(46)55(51)37-28-26-33(27-29-37)50-52-47(44-30-35-16-4-6-18-38(35)40-20-8-10-22-42(40)44)32-48(53-50)45-31-36-17-5-7-19-39(36)41-21-9-11-23-43(41)45/h1-32H. The zero-order valence-corrected chi connectivity index (χ0v) is 29.8. The van der Waals surface area contributed by atoms with Crippen LogP contribution in [0.25, 0.3) is 105 Å². The number of aromatic nitrogens is 4. The van der Waals surface area contributed by atoms with E-state index in [1.54, 1.807) is 0 Å². The lowest BCUT2D eigenvalue weighted by molar-refractivity contribution is 1.10. The van der Waals surface area contributed by atoms with Crippen LogP contribution in [0.4, 0.5) is 0 Å². The van der Waals surface area contributed by atoms with Gasteiger partial charge in [-0.25, -0.2) is 15.0 Å². The predicted molar refractivity (Wildman–Crippen MR) is 228 cm³/mol. The maximum Gasteiger partial charge on any atom is 0.160 e. The van der Waals surface area contributed by atoms with Crippen molar-refractivity contribution in [2.24, 2.45) is 0 Å². The van der Waals surface area contributed by atoms with Gasteiger partial charge in [-0.3, -0.25) is 4.57 Å². The Hall–Kier alpha value is -7.43. The molecule has 11 rings (SSSR count). The first kappa shape index (κ1) is 31.1. The van der Waals surface area contributed by atoms with Gasteiger partial charge in [-0.05, 0) is 97.7 Å². The summed E-state index contributed by atoms with van der Waals surface area (Å²) in [5.41, 5.74) is 8.97. The molecule has 11 aromatic rings. The highest BCUT2D eigenvalue weighted by atomic mass is 15.1. The molecule has 0 amide bonds. The quantitative estimate of drug-likeness (QED) is 0.168. The van der Waals surface area contributed by atoms with Gasteiger partial charge in [-0.1, -0.05) is 140 Å². The molecule has 0 unspecified atom stereocenters. The highest BCUT2D eigenvalue weighted by Crippen LogP contribution is 2.39. The molecule has 0 aliphatic rings. The Balaban J connectivity index is 1.14. The Kier molecular flexibility index (Phi) is 7.14. The van der Waals surface area contributed by atoms with E-state index in [9.17, 15) is 0 Å². The number of hydrogen-bond acceptors (Lipinski definition) is 3. The molecular weight excluding hydrogens is 669 g/mol. The molecule has 9 aromatic carbocycles. The summed E-state index contributed by atoms with van der Waals surface area (Å²) in [6.07, 6.45) is 0. The minimum Gasteiger partial charge on any atom is -0.292 e. The molecule has 0 saturated heterocycles. The summed E-state index contributed by atoms with van der Waals surface area (Å²) >= 11 is 0. The van der Waals surface area contributed by atoms with Gasteiger partial charge in [0.2, 0.25) is 0 Å². The zero-order valence-electron chi connectivity index (χ0n) is 29.8. The monoisotopic (exact) mass is 700 g/mol. The minimum atomic E-state index is 0.673. The fourth-order valence-electron chi connectivity index (χ4n) is 8.21. The molecule has 0 saturated carbocycles. The topological polar surface area (TPSA) is 43.6 Å². The van der Waals surface area contributed by atoms with E-state index in [2.05, 4.69) is 187 Å². The second-order valence-electron chi connectivity index (χ2n) is 14.0. The summed E-state index contributed by atoms with van der Waals surface area (Å²) < 4.78 is 2.24. The van der Waals surface area contributed by atoms with E-state index in [-0.39, 0.29) is 0 Å². The Bertz CT molecular complexity index is 3120. The normalized spacial score (nSPS) is 11.6. The van der Waals surface area contributed by atoms with E-state index in [0.29, 0.717) is 5.82 Å². The molecule has 55 heavy (non-hydrogen) atoms. The fourth-order valence-corrected chi connectivity index (χ4v) is 8.21. The molecule has 0 fully saturated rings. The summed E-state index contributed by atoms with van der Waals surface area (Å²) in [4.78, 5) is 15.8. The first-order valence-corrected chi connectivity index (χ1v) is 18.6. The lowest BCUT2D eigenvalue weighted by Gasteiger charge is -2.15. The van der Waals surface area contributed by atoms with Gasteiger partial charge in [0.15, 0.2) is 5.82 Å². The van der Waals surface area contributed by atoms with Gasteiger partial charge >= 0.3 is 0 Å². The third-order valence-electron chi connectivity index (χ3n) is 10.8. The van der Waals surface area contributed by atoms with Crippen LogP contribution in [0, 0.1) is 0 Å². The number of rotatable bonds is 5. The number of nitrogens with zero attached hydrogens (tertiary/aromatic N) is 4. The predicted octanol–water partition coefficient (Wildman–Crippen LogP) is 13.1. The third kappa shape index (κ3) is 5.19. The molecule has 0 bridgehead atoms. The molecule has 0 aliphatic heterocycles. The number of imidazole rings is 1. The van der Waals surface area contributed by atoms with Crippen molar-refractivity contribution < 1.29 is 0 Å². The molecule has 0 N–H and O–H groups in total.